The Bertz CT molecular complexity index is 524. The third kappa shape index (κ3) is 3.18. The Labute approximate surface area is 136 Å². The van der Waals surface area contributed by atoms with Crippen LogP contribution in [0.2, 0.25) is 0 Å². The summed E-state index contributed by atoms with van der Waals surface area (Å²) in [6.45, 7) is 3.91. The molecule has 2 fully saturated rings. The van der Waals surface area contributed by atoms with E-state index in [2.05, 4.69) is 20.8 Å². The Kier molecular flexibility index (Phi) is 4.39. The van der Waals surface area contributed by atoms with E-state index in [4.69, 9.17) is 0 Å². The zero-order valence-corrected chi connectivity index (χ0v) is 14.4. The van der Waals surface area contributed by atoms with Gasteiger partial charge in [-0.1, -0.05) is 25.3 Å². The van der Waals surface area contributed by atoms with Crippen LogP contribution in [0.25, 0.3) is 0 Å². The fraction of sp³-hybridized carbons (Fsp3) is 0.611. The number of aryl methyl sites for hydroxylation is 1. The van der Waals surface area contributed by atoms with Gasteiger partial charge in [0.25, 0.3) is 5.91 Å². The molecule has 2 nitrogen and oxygen atoms in total. The Morgan fingerprint density at radius 3 is 2.38 bits per heavy atom. The first-order valence-corrected chi connectivity index (χ1v) is 8.94. The number of hydrogen-bond donors (Lipinski definition) is 0. The predicted octanol–water partition coefficient (Wildman–Crippen LogP) is 4.94. The van der Waals surface area contributed by atoms with E-state index >= 15 is 0 Å². The molecule has 1 aromatic carbocycles. The van der Waals surface area contributed by atoms with Crippen molar-refractivity contribution in [2.75, 3.05) is 13.1 Å². The highest BCUT2D eigenvalue weighted by atomic mass is 79.9. The van der Waals surface area contributed by atoms with Gasteiger partial charge in [-0.15, -0.1) is 0 Å². The maximum absolute atomic E-state index is 12.7. The summed E-state index contributed by atoms with van der Waals surface area (Å²) in [6, 6.07) is 6.00. The average molecular weight is 350 g/mol. The molecular formula is C18H24BrNO. The van der Waals surface area contributed by atoms with Crippen LogP contribution in [-0.4, -0.2) is 23.9 Å². The van der Waals surface area contributed by atoms with Crippen molar-refractivity contribution >= 4 is 21.8 Å². The number of hydrogen-bond acceptors (Lipinski definition) is 1. The molecule has 1 saturated carbocycles. The summed E-state index contributed by atoms with van der Waals surface area (Å²) in [5, 5.41) is 0. The van der Waals surface area contributed by atoms with Crippen LogP contribution in [0.15, 0.2) is 22.7 Å². The lowest BCUT2D eigenvalue weighted by molar-refractivity contribution is 0.0471. The minimum atomic E-state index is 0.188. The van der Waals surface area contributed by atoms with E-state index in [9.17, 15) is 4.79 Å². The second kappa shape index (κ2) is 6.12. The van der Waals surface area contributed by atoms with Gasteiger partial charge in [-0.25, -0.2) is 0 Å². The Balaban J connectivity index is 1.67. The maximum Gasteiger partial charge on any atom is 0.254 e. The lowest BCUT2D eigenvalue weighted by atomic mass is 9.68. The van der Waals surface area contributed by atoms with Crippen molar-refractivity contribution in [1.29, 1.82) is 0 Å². The van der Waals surface area contributed by atoms with Crippen LogP contribution in [-0.2, 0) is 0 Å². The Morgan fingerprint density at radius 2 is 1.76 bits per heavy atom. The number of piperidine rings is 1. The van der Waals surface area contributed by atoms with E-state index in [1.807, 2.05) is 25.1 Å². The highest BCUT2D eigenvalue weighted by Gasteiger charge is 2.36. The fourth-order valence-electron chi connectivity index (χ4n) is 3.95. The standard InChI is InChI=1S/C18H24BrNO/c1-14-5-6-15(16(19)13-14)17(21)20-11-9-18(10-12-20)7-3-2-4-8-18/h5-6,13H,2-4,7-12H2,1H3. The average Bonchev–Trinajstić information content (AvgIpc) is 2.48. The van der Waals surface area contributed by atoms with Crippen LogP contribution in [0.3, 0.4) is 0 Å². The molecule has 0 radical (unpaired) electrons. The van der Waals surface area contributed by atoms with Crippen molar-refractivity contribution in [3.05, 3.63) is 33.8 Å². The molecule has 1 aliphatic carbocycles. The largest absolute Gasteiger partial charge is 0.339 e. The van der Waals surface area contributed by atoms with E-state index in [0.717, 1.165) is 23.1 Å². The molecule has 0 bridgehead atoms. The molecule has 114 valence electrons. The van der Waals surface area contributed by atoms with Crippen LogP contribution >= 0.6 is 15.9 Å². The number of rotatable bonds is 1. The molecule has 21 heavy (non-hydrogen) atoms. The zero-order valence-electron chi connectivity index (χ0n) is 12.8. The van der Waals surface area contributed by atoms with Gasteiger partial charge >= 0.3 is 0 Å². The highest BCUT2D eigenvalue weighted by Crippen LogP contribution is 2.44. The fourth-order valence-corrected chi connectivity index (χ4v) is 4.61. The van der Waals surface area contributed by atoms with Crippen LogP contribution in [0.1, 0.15) is 60.9 Å². The number of halogens is 1. The molecule has 1 aliphatic heterocycles. The summed E-state index contributed by atoms with van der Waals surface area (Å²) < 4.78 is 0.922. The van der Waals surface area contributed by atoms with Gasteiger partial charge in [0, 0.05) is 17.6 Å². The van der Waals surface area contributed by atoms with Crippen molar-refractivity contribution in [3.8, 4) is 0 Å². The third-order valence-corrected chi connectivity index (χ3v) is 6.04. The molecule has 1 spiro atoms. The van der Waals surface area contributed by atoms with Crippen LogP contribution in [0, 0.1) is 12.3 Å². The van der Waals surface area contributed by atoms with Crippen LogP contribution in [0.4, 0.5) is 0 Å². The van der Waals surface area contributed by atoms with E-state index in [0.29, 0.717) is 5.41 Å². The van der Waals surface area contributed by atoms with Gasteiger partial charge in [0.05, 0.1) is 5.56 Å². The summed E-state index contributed by atoms with van der Waals surface area (Å²) >= 11 is 3.54. The number of carbonyl (C=O) groups is 1. The number of amides is 1. The second-order valence-electron chi connectivity index (χ2n) is 6.84. The molecule has 1 amide bonds. The monoisotopic (exact) mass is 349 g/mol. The first kappa shape index (κ1) is 15.1. The first-order valence-electron chi connectivity index (χ1n) is 8.15. The van der Waals surface area contributed by atoms with Crippen molar-refractivity contribution in [3.63, 3.8) is 0 Å². The molecule has 0 N–H and O–H groups in total. The molecule has 1 saturated heterocycles. The summed E-state index contributed by atoms with van der Waals surface area (Å²) in [5.74, 6) is 0.188. The molecule has 0 unspecified atom stereocenters. The molecular weight excluding hydrogens is 326 g/mol. The summed E-state index contributed by atoms with van der Waals surface area (Å²) in [4.78, 5) is 14.7. The van der Waals surface area contributed by atoms with Gasteiger partial charge in [-0.2, -0.15) is 0 Å². The molecule has 1 aromatic rings. The van der Waals surface area contributed by atoms with Gasteiger partial charge in [0.1, 0.15) is 0 Å². The summed E-state index contributed by atoms with van der Waals surface area (Å²) in [7, 11) is 0. The molecule has 0 atom stereocenters. The van der Waals surface area contributed by atoms with Gasteiger partial charge in [-0.3, -0.25) is 4.79 Å². The lowest BCUT2D eigenvalue weighted by Crippen LogP contribution is -2.44. The van der Waals surface area contributed by atoms with Crippen molar-refractivity contribution in [2.24, 2.45) is 5.41 Å². The van der Waals surface area contributed by atoms with Crippen molar-refractivity contribution in [2.45, 2.75) is 51.9 Å². The van der Waals surface area contributed by atoms with Crippen LogP contribution in [0.5, 0.6) is 0 Å². The summed E-state index contributed by atoms with van der Waals surface area (Å²) in [5.41, 5.74) is 2.54. The van der Waals surface area contributed by atoms with Gasteiger partial charge in [-0.05, 0) is 71.6 Å². The van der Waals surface area contributed by atoms with Gasteiger partial charge in [0.2, 0.25) is 0 Å². The van der Waals surface area contributed by atoms with Crippen LogP contribution < -0.4 is 0 Å². The summed E-state index contributed by atoms with van der Waals surface area (Å²) in [6.07, 6.45) is 9.33. The van der Waals surface area contributed by atoms with Gasteiger partial charge < -0.3 is 4.90 Å². The highest BCUT2D eigenvalue weighted by molar-refractivity contribution is 9.10. The lowest BCUT2D eigenvalue weighted by Gasteiger charge is -2.44. The minimum absolute atomic E-state index is 0.188. The molecule has 3 heteroatoms. The minimum Gasteiger partial charge on any atom is -0.339 e. The van der Waals surface area contributed by atoms with E-state index in [-0.39, 0.29) is 5.91 Å². The molecule has 3 rings (SSSR count). The van der Waals surface area contributed by atoms with Gasteiger partial charge in [0.15, 0.2) is 0 Å². The zero-order chi connectivity index (χ0) is 14.9. The second-order valence-corrected chi connectivity index (χ2v) is 7.69. The van der Waals surface area contributed by atoms with E-state index in [1.165, 1.54) is 50.5 Å². The number of nitrogens with zero attached hydrogens (tertiary/aromatic N) is 1. The van der Waals surface area contributed by atoms with E-state index < -0.39 is 0 Å². The number of benzene rings is 1. The Morgan fingerprint density at radius 1 is 1.10 bits per heavy atom. The number of likely N-dealkylation sites (tertiary alicyclic amines) is 1. The predicted molar refractivity (Wildman–Crippen MR) is 89.5 cm³/mol. The third-order valence-electron chi connectivity index (χ3n) is 5.38. The SMILES string of the molecule is Cc1ccc(C(=O)N2CCC3(CCCCC3)CC2)c(Br)c1. The normalized spacial score (nSPS) is 21.5. The topological polar surface area (TPSA) is 20.3 Å². The maximum atomic E-state index is 12.7. The van der Waals surface area contributed by atoms with Crippen molar-refractivity contribution < 1.29 is 4.79 Å². The molecule has 1 heterocycles. The Hall–Kier alpha value is -0.830. The quantitative estimate of drug-likeness (QED) is 0.702. The number of carbonyl (C=O) groups excluding carboxylic acids is 1. The molecule has 2 aliphatic rings. The first-order chi connectivity index (χ1) is 10.1. The van der Waals surface area contributed by atoms with E-state index in [1.54, 1.807) is 0 Å². The smallest absolute Gasteiger partial charge is 0.254 e. The van der Waals surface area contributed by atoms with Crippen molar-refractivity contribution in [1.82, 2.24) is 4.90 Å². The molecule has 0 aromatic heterocycles.